The highest BCUT2D eigenvalue weighted by Crippen LogP contribution is 2.15. The van der Waals surface area contributed by atoms with Crippen LogP contribution < -0.4 is 4.72 Å². The van der Waals surface area contributed by atoms with Crippen LogP contribution in [0.3, 0.4) is 0 Å². The van der Waals surface area contributed by atoms with Crippen LogP contribution in [0.2, 0.25) is 5.15 Å². The van der Waals surface area contributed by atoms with Gasteiger partial charge in [-0.15, -0.1) is 0 Å². The molecular formula is C8H10ClN5O2S. The average molecular weight is 276 g/mol. The summed E-state index contributed by atoms with van der Waals surface area (Å²) < 4.78 is 27.6. The molecule has 2 N–H and O–H groups in total. The summed E-state index contributed by atoms with van der Waals surface area (Å²) in [5.41, 5.74) is 0. The lowest BCUT2D eigenvalue weighted by Gasteiger charge is -2.01. The predicted octanol–water partition coefficient (Wildman–Crippen LogP) is 1.08. The third-order valence-electron chi connectivity index (χ3n) is 2.03. The lowest BCUT2D eigenvalue weighted by molar-refractivity contribution is 0.600. The Morgan fingerprint density at radius 1 is 1.59 bits per heavy atom. The zero-order valence-corrected chi connectivity index (χ0v) is 10.5. The fourth-order valence-electron chi connectivity index (χ4n) is 1.20. The van der Waals surface area contributed by atoms with Crippen molar-refractivity contribution in [1.82, 2.24) is 20.0 Å². The van der Waals surface area contributed by atoms with Gasteiger partial charge in [0.15, 0.2) is 5.82 Å². The van der Waals surface area contributed by atoms with Gasteiger partial charge in [-0.1, -0.05) is 11.6 Å². The zero-order valence-electron chi connectivity index (χ0n) is 8.88. The van der Waals surface area contributed by atoms with Gasteiger partial charge < -0.3 is 0 Å². The van der Waals surface area contributed by atoms with Gasteiger partial charge in [0.25, 0.3) is 10.0 Å². The van der Waals surface area contributed by atoms with E-state index in [2.05, 4.69) is 20.0 Å². The average Bonchev–Trinajstić information content (AvgIpc) is 2.86. The first kappa shape index (κ1) is 11.9. The molecule has 0 bridgehead atoms. The lowest BCUT2D eigenvalue weighted by atomic mass is 10.7. The van der Waals surface area contributed by atoms with Gasteiger partial charge in [-0.05, 0) is 6.92 Å². The van der Waals surface area contributed by atoms with E-state index in [1.54, 1.807) is 0 Å². The predicted molar refractivity (Wildman–Crippen MR) is 62.3 cm³/mol. The van der Waals surface area contributed by atoms with E-state index in [4.69, 9.17) is 11.6 Å². The fraction of sp³-hybridized carbons (Fsp3) is 0.250. The molecule has 17 heavy (non-hydrogen) atoms. The van der Waals surface area contributed by atoms with Crippen LogP contribution in [0.5, 0.6) is 0 Å². The van der Waals surface area contributed by atoms with Crippen molar-refractivity contribution in [1.29, 1.82) is 0 Å². The summed E-state index contributed by atoms with van der Waals surface area (Å²) in [4.78, 5) is 0.0819. The third-order valence-corrected chi connectivity index (χ3v) is 3.53. The molecule has 0 aliphatic rings. The summed E-state index contributed by atoms with van der Waals surface area (Å²) in [7, 11) is -3.66. The van der Waals surface area contributed by atoms with Crippen LogP contribution in [-0.4, -0.2) is 28.4 Å². The Morgan fingerprint density at radius 3 is 2.88 bits per heavy atom. The van der Waals surface area contributed by atoms with E-state index in [9.17, 15) is 8.42 Å². The fourth-order valence-corrected chi connectivity index (χ4v) is 2.29. The summed E-state index contributed by atoms with van der Waals surface area (Å²) in [6.45, 7) is 2.47. The Labute approximate surface area is 103 Å². The van der Waals surface area contributed by atoms with E-state index in [1.807, 2.05) is 6.92 Å². The topological polar surface area (TPSA) is 92.7 Å². The van der Waals surface area contributed by atoms with Crippen molar-refractivity contribution in [2.24, 2.45) is 0 Å². The highest BCUT2D eigenvalue weighted by atomic mass is 35.5. The Balaban J connectivity index is 2.24. The van der Waals surface area contributed by atoms with Crippen LogP contribution in [-0.2, 0) is 16.6 Å². The number of rotatable bonds is 4. The van der Waals surface area contributed by atoms with E-state index in [-0.39, 0.29) is 15.9 Å². The van der Waals surface area contributed by atoms with Crippen LogP contribution in [0.4, 0.5) is 5.82 Å². The van der Waals surface area contributed by atoms with Gasteiger partial charge in [0.05, 0.1) is 6.20 Å². The molecule has 2 heterocycles. The highest BCUT2D eigenvalue weighted by molar-refractivity contribution is 7.92. The molecule has 7 nitrogen and oxygen atoms in total. The lowest BCUT2D eigenvalue weighted by Crippen LogP contribution is -2.12. The van der Waals surface area contributed by atoms with Crippen molar-refractivity contribution in [3.05, 3.63) is 23.6 Å². The summed E-state index contributed by atoms with van der Waals surface area (Å²) in [6.07, 6.45) is 2.72. The Morgan fingerprint density at radius 2 is 2.35 bits per heavy atom. The maximum Gasteiger partial charge on any atom is 0.266 e. The quantitative estimate of drug-likeness (QED) is 0.873. The normalized spacial score (nSPS) is 11.6. The van der Waals surface area contributed by atoms with E-state index in [1.165, 1.54) is 23.1 Å². The Bertz CT molecular complexity index is 617. The number of nitrogens with one attached hydrogen (secondary N) is 2. The second kappa shape index (κ2) is 4.38. The smallest absolute Gasteiger partial charge is 0.266 e. The van der Waals surface area contributed by atoms with Crippen molar-refractivity contribution in [3.63, 3.8) is 0 Å². The van der Waals surface area contributed by atoms with Crippen molar-refractivity contribution < 1.29 is 8.42 Å². The third kappa shape index (κ3) is 2.59. The maximum absolute atomic E-state index is 11.9. The van der Waals surface area contributed by atoms with E-state index in [0.717, 1.165) is 0 Å². The number of sulfonamides is 1. The summed E-state index contributed by atoms with van der Waals surface area (Å²) >= 11 is 5.59. The van der Waals surface area contributed by atoms with Crippen LogP contribution in [0.1, 0.15) is 6.92 Å². The highest BCUT2D eigenvalue weighted by Gasteiger charge is 2.17. The maximum atomic E-state index is 11.9. The SMILES string of the molecule is CCn1cc(S(=O)(=O)Nc2cc(Cl)[nH]n2)cn1. The molecule has 0 saturated carbocycles. The van der Waals surface area contributed by atoms with Gasteiger partial charge in [-0.25, -0.2) is 8.42 Å². The number of hydrogen-bond donors (Lipinski definition) is 2. The molecule has 0 aromatic carbocycles. The number of aryl methyl sites for hydroxylation is 1. The minimum atomic E-state index is -3.66. The van der Waals surface area contributed by atoms with E-state index < -0.39 is 10.0 Å². The molecule has 0 saturated heterocycles. The first-order valence-corrected chi connectivity index (χ1v) is 6.63. The Kier molecular flexibility index (Phi) is 3.07. The van der Waals surface area contributed by atoms with Crippen LogP contribution in [0.25, 0.3) is 0 Å². The molecule has 92 valence electrons. The van der Waals surface area contributed by atoms with Gasteiger partial charge >= 0.3 is 0 Å². The van der Waals surface area contributed by atoms with Gasteiger partial charge in [0.1, 0.15) is 10.0 Å². The number of hydrogen-bond acceptors (Lipinski definition) is 4. The summed E-state index contributed by atoms with van der Waals surface area (Å²) in [6, 6.07) is 1.38. The second-order valence-corrected chi connectivity index (χ2v) is 5.33. The van der Waals surface area contributed by atoms with Crippen LogP contribution in [0.15, 0.2) is 23.4 Å². The van der Waals surface area contributed by atoms with Crippen molar-refractivity contribution in [3.8, 4) is 0 Å². The molecule has 0 atom stereocenters. The monoisotopic (exact) mass is 275 g/mol. The molecule has 9 heteroatoms. The van der Waals surface area contributed by atoms with E-state index in [0.29, 0.717) is 6.54 Å². The Hall–Kier alpha value is -1.54. The number of H-pyrrole nitrogens is 1. The molecule has 0 unspecified atom stereocenters. The number of halogens is 1. The number of nitrogens with zero attached hydrogens (tertiary/aromatic N) is 3. The molecule has 0 amide bonds. The first-order valence-electron chi connectivity index (χ1n) is 4.77. The van der Waals surface area contributed by atoms with E-state index >= 15 is 0 Å². The summed E-state index contributed by atoms with van der Waals surface area (Å²) in [5.74, 6) is 0.138. The molecule has 2 aromatic rings. The van der Waals surface area contributed by atoms with Crippen molar-refractivity contribution in [2.75, 3.05) is 4.72 Å². The molecule has 2 aromatic heterocycles. The van der Waals surface area contributed by atoms with Gasteiger partial charge in [0, 0.05) is 18.8 Å². The minimum absolute atomic E-state index is 0.0819. The molecule has 0 aliphatic carbocycles. The number of aromatic amines is 1. The first-order chi connectivity index (χ1) is 8.01. The molecule has 0 fully saturated rings. The van der Waals surface area contributed by atoms with Gasteiger partial charge in [-0.2, -0.15) is 10.2 Å². The molecule has 2 rings (SSSR count). The molecular weight excluding hydrogens is 266 g/mol. The van der Waals surface area contributed by atoms with Crippen molar-refractivity contribution >= 4 is 27.4 Å². The minimum Gasteiger partial charge on any atom is -0.272 e. The molecule has 0 aliphatic heterocycles. The number of aromatic nitrogens is 4. The van der Waals surface area contributed by atoms with Gasteiger partial charge in [-0.3, -0.25) is 14.5 Å². The van der Waals surface area contributed by atoms with Crippen LogP contribution in [0, 0.1) is 0 Å². The van der Waals surface area contributed by atoms with Gasteiger partial charge in [0.2, 0.25) is 0 Å². The van der Waals surface area contributed by atoms with Crippen LogP contribution >= 0.6 is 11.6 Å². The molecule has 0 spiro atoms. The second-order valence-electron chi connectivity index (χ2n) is 3.24. The standard InChI is InChI=1S/C8H10ClN5O2S/c1-2-14-5-6(4-10-14)17(15,16)13-8-3-7(9)11-12-8/h3-5H,2H2,1H3,(H2,11,12,13). The number of anilines is 1. The molecule has 0 radical (unpaired) electrons. The summed E-state index contributed by atoms with van der Waals surface area (Å²) in [5, 5.41) is 10.3. The van der Waals surface area contributed by atoms with Crippen molar-refractivity contribution in [2.45, 2.75) is 18.4 Å². The zero-order chi connectivity index (χ0) is 12.5. The largest absolute Gasteiger partial charge is 0.272 e.